The van der Waals surface area contributed by atoms with Crippen LogP contribution in [0.3, 0.4) is 0 Å². The Morgan fingerprint density at radius 3 is 1.97 bits per heavy atom. The lowest BCUT2D eigenvalue weighted by atomic mass is 10.1. The van der Waals surface area contributed by atoms with Crippen molar-refractivity contribution in [3.8, 4) is 0 Å². The highest BCUT2D eigenvalue weighted by molar-refractivity contribution is 7.99. The summed E-state index contributed by atoms with van der Waals surface area (Å²) in [6.07, 6.45) is -7.15. The van der Waals surface area contributed by atoms with E-state index in [1.54, 1.807) is 4.90 Å². The first-order chi connectivity index (χ1) is 15.9. The van der Waals surface area contributed by atoms with Gasteiger partial charge in [-0.05, 0) is 35.9 Å². The van der Waals surface area contributed by atoms with Gasteiger partial charge in [0, 0.05) is 49.0 Å². The van der Waals surface area contributed by atoms with Gasteiger partial charge in [-0.1, -0.05) is 30.0 Å². The van der Waals surface area contributed by atoms with Crippen LogP contribution in [0.2, 0.25) is 0 Å². The zero-order valence-corrected chi connectivity index (χ0v) is 18.7. The van der Waals surface area contributed by atoms with Crippen LogP contribution in [0.4, 0.5) is 26.3 Å². The molecular formula is C23H20F6N2O2S. The molecule has 1 heterocycles. The Hall–Kier alpha value is -2.95. The lowest BCUT2D eigenvalue weighted by molar-refractivity contribution is -0.140. The van der Waals surface area contributed by atoms with E-state index < -0.39 is 29.4 Å². The first kappa shape index (κ1) is 25.7. The molecule has 0 atom stereocenters. The summed E-state index contributed by atoms with van der Waals surface area (Å²) in [5, 5.41) is 0. The number of carbonyl (C=O) groups is 2. The van der Waals surface area contributed by atoms with Gasteiger partial charge in [0.2, 0.25) is 11.8 Å². The summed E-state index contributed by atoms with van der Waals surface area (Å²) in [6, 6.07) is 7.63. The predicted octanol–water partition coefficient (Wildman–Crippen LogP) is 5.58. The van der Waals surface area contributed by atoms with Gasteiger partial charge in [-0.15, -0.1) is 0 Å². The van der Waals surface area contributed by atoms with Gasteiger partial charge in [0.25, 0.3) is 0 Å². The smallest absolute Gasteiger partial charge is 0.339 e. The molecule has 34 heavy (non-hydrogen) atoms. The lowest BCUT2D eigenvalue weighted by Gasteiger charge is -2.33. The van der Waals surface area contributed by atoms with E-state index in [2.05, 4.69) is 0 Å². The van der Waals surface area contributed by atoms with Gasteiger partial charge in [0.1, 0.15) is 0 Å². The maximum atomic E-state index is 13.7. The van der Waals surface area contributed by atoms with E-state index in [0.717, 1.165) is 30.3 Å². The number of carbonyl (C=O) groups excluding carboxylic acids is 2. The number of nitrogens with zero attached hydrogens (tertiary/aromatic N) is 2. The van der Waals surface area contributed by atoms with Gasteiger partial charge >= 0.3 is 12.4 Å². The standard InChI is InChI=1S/C23H20F6N2O2S/c1-15(32)30-10-12-31(13-11-30)21(33)9-7-16-6-8-20(18(14-16)23(27,28)29)34-19-5-3-2-4-17(19)22(24,25)26/h2-9,14H,10-13H2,1H3. The zero-order chi connectivity index (χ0) is 25.1. The maximum absolute atomic E-state index is 13.7. The molecule has 1 fully saturated rings. The minimum absolute atomic E-state index is 0.0801. The summed E-state index contributed by atoms with van der Waals surface area (Å²) in [4.78, 5) is 26.1. The van der Waals surface area contributed by atoms with Crippen molar-refractivity contribution in [3.05, 3.63) is 65.2 Å². The lowest BCUT2D eigenvalue weighted by Crippen LogP contribution is -2.49. The number of rotatable bonds is 4. The molecule has 2 aromatic rings. The molecule has 1 aliphatic rings. The number of halogens is 6. The first-order valence-corrected chi connectivity index (χ1v) is 11.0. The summed E-state index contributed by atoms with van der Waals surface area (Å²) in [5.74, 6) is -0.507. The molecule has 1 saturated heterocycles. The van der Waals surface area contributed by atoms with Crippen LogP contribution in [-0.2, 0) is 21.9 Å². The summed E-state index contributed by atoms with van der Waals surface area (Å²) in [5.41, 5.74) is -2.04. The van der Waals surface area contributed by atoms with Crippen molar-refractivity contribution < 1.29 is 35.9 Å². The molecule has 182 valence electrons. The van der Waals surface area contributed by atoms with Crippen LogP contribution in [0.25, 0.3) is 6.08 Å². The number of benzene rings is 2. The fourth-order valence-corrected chi connectivity index (χ4v) is 4.48. The minimum Gasteiger partial charge on any atom is -0.339 e. The van der Waals surface area contributed by atoms with Crippen LogP contribution in [0.1, 0.15) is 23.6 Å². The molecule has 0 saturated carbocycles. The van der Waals surface area contributed by atoms with Crippen LogP contribution in [0.5, 0.6) is 0 Å². The van der Waals surface area contributed by atoms with Crippen molar-refractivity contribution in [2.45, 2.75) is 29.1 Å². The molecule has 0 bridgehead atoms. The van der Waals surface area contributed by atoms with E-state index in [9.17, 15) is 35.9 Å². The van der Waals surface area contributed by atoms with Gasteiger partial charge in [0.15, 0.2) is 0 Å². The molecule has 2 amide bonds. The highest BCUT2D eigenvalue weighted by Crippen LogP contribution is 2.44. The van der Waals surface area contributed by atoms with Gasteiger partial charge in [0.05, 0.1) is 11.1 Å². The van der Waals surface area contributed by atoms with Crippen LogP contribution in [0, 0.1) is 0 Å². The third kappa shape index (κ3) is 6.34. The highest BCUT2D eigenvalue weighted by Gasteiger charge is 2.36. The molecule has 0 aliphatic carbocycles. The molecule has 0 spiro atoms. The SMILES string of the molecule is CC(=O)N1CCN(C(=O)C=Cc2ccc(Sc3ccccc3C(F)(F)F)c(C(F)(F)F)c2)CC1. The molecule has 0 N–H and O–H groups in total. The number of hydrogen-bond donors (Lipinski definition) is 0. The first-order valence-electron chi connectivity index (χ1n) is 10.1. The quantitative estimate of drug-likeness (QED) is 0.405. The highest BCUT2D eigenvalue weighted by atomic mass is 32.2. The van der Waals surface area contributed by atoms with E-state index >= 15 is 0 Å². The molecule has 3 rings (SSSR count). The van der Waals surface area contributed by atoms with Crippen molar-refractivity contribution in [2.75, 3.05) is 26.2 Å². The van der Waals surface area contributed by atoms with Crippen LogP contribution < -0.4 is 0 Å². The topological polar surface area (TPSA) is 40.6 Å². The Balaban J connectivity index is 1.81. The van der Waals surface area contributed by atoms with Crippen molar-refractivity contribution in [3.63, 3.8) is 0 Å². The third-order valence-corrected chi connectivity index (χ3v) is 6.33. The fraction of sp³-hybridized carbons (Fsp3) is 0.304. The maximum Gasteiger partial charge on any atom is 0.417 e. The number of alkyl halides is 6. The van der Waals surface area contributed by atoms with E-state index in [1.807, 2.05) is 0 Å². The Kier molecular flexibility index (Phi) is 7.64. The molecule has 4 nitrogen and oxygen atoms in total. The van der Waals surface area contributed by atoms with Gasteiger partial charge in [-0.25, -0.2) is 0 Å². The Morgan fingerprint density at radius 2 is 1.38 bits per heavy atom. The second-order valence-electron chi connectivity index (χ2n) is 7.51. The van der Waals surface area contributed by atoms with Gasteiger partial charge in [-0.3, -0.25) is 9.59 Å². The largest absolute Gasteiger partial charge is 0.417 e. The predicted molar refractivity (Wildman–Crippen MR) is 115 cm³/mol. The van der Waals surface area contributed by atoms with E-state index in [1.165, 1.54) is 36.1 Å². The summed E-state index contributed by atoms with van der Waals surface area (Å²) >= 11 is 0.381. The number of piperazine rings is 1. The van der Waals surface area contributed by atoms with Gasteiger partial charge in [-0.2, -0.15) is 26.3 Å². The van der Waals surface area contributed by atoms with Crippen molar-refractivity contribution >= 4 is 29.7 Å². The molecule has 0 aromatic heterocycles. The minimum atomic E-state index is -4.81. The van der Waals surface area contributed by atoms with Crippen molar-refractivity contribution in [2.24, 2.45) is 0 Å². The Bertz CT molecular complexity index is 1090. The monoisotopic (exact) mass is 502 g/mol. The van der Waals surface area contributed by atoms with E-state index in [0.29, 0.717) is 37.9 Å². The van der Waals surface area contributed by atoms with E-state index in [4.69, 9.17) is 0 Å². The second kappa shape index (κ2) is 10.1. The van der Waals surface area contributed by atoms with Crippen molar-refractivity contribution in [1.82, 2.24) is 9.80 Å². The van der Waals surface area contributed by atoms with Crippen LogP contribution in [-0.4, -0.2) is 47.8 Å². The van der Waals surface area contributed by atoms with Crippen LogP contribution >= 0.6 is 11.8 Å². The summed E-state index contributed by atoms with van der Waals surface area (Å²) in [7, 11) is 0. The molecular weight excluding hydrogens is 482 g/mol. The number of hydrogen-bond acceptors (Lipinski definition) is 3. The molecule has 0 radical (unpaired) electrons. The number of amides is 2. The molecule has 11 heteroatoms. The average molecular weight is 502 g/mol. The van der Waals surface area contributed by atoms with Gasteiger partial charge < -0.3 is 9.80 Å². The Labute approximate surface area is 196 Å². The fourth-order valence-electron chi connectivity index (χ4n) is 3.38. The Morgan fingerprint density at radius 1 is 0.824 bits per heavy atom. The second-order valence-corrected chi connectivity index (χ2v) is 8.60. The average Bonchev–Trinajstić information content (AvgIpc) is 2.77. The molecule has 0 unspecified atom stereocenters. The van der Waals surface area contributed by atoms with E-state index in [-0.39, 0.29) is 21.3 Å². The zero-order valence-electron chi connectivity index (χ0n) is 17.9. The van der Waals surface area contributed by atoms with Crippen LogP contribution in [0.15, 0.2) is 58.3 Å². The molecule has 1 aliphatic heterocycles. The molecule has 2 aromatic carbocycles. The normalized spacial score (nSPS) is 15.1. The van der Waals surface area contributed by atoms with Crippen molar-refractivity contribution in [1.29, 1.82) is 0 Å². The summed E-state index contributed by atoms with van der Waals surface area (Å²) < 4.78 is 80.8. The summed E-state index contributed by atoms with van der Waals surface area (Å²) in [6.45, 7) is 2.80. The third-order valence-electron chi connectivity index (χ3n) is 5.18.